The Labute approximate surface area is 356 Å². The van der Waals surface area contributed by atoms with E-state index in [9.17, 15) is 0 Å². The van der Waals surface area contributed by atoms with Gasteiger partial charge in [-0.3, -0.25) is 0 Å². The molecule has 1 radical (unpaired) electrons. The molecule has 3 nitrogen and oxygen atoms in total. The van der Waals surface area contributed by atoms with Crippen LogP contribution in [0.15, 0.2) is 102 Å². The van der Waals surface area contributed by atoms with Crippen molar-refractivity contribution in [3.8, 4) is 33.6 Å². The van der Waals surface area contributed by atoms with E-state index in [1.807, 2.05) is 69.4 Å². The summed E-state index contributed by atoms with van der Waals surface area (Å²) in [5.41, 5.74) is 8.12. The van der Waals surface area contributed by atoms with Crippen molar-refractivity contribution in [1.82, 2.24) is 9.97 Å². The summed E-state index contributed by atoms with van der Waals surface area (Å²) in [5, 5.41) is 1.85. The van der Waals surface area contributed by atoms with Crippen LogP contribution < -0.4 is 4.40 Å². The van der Waals surface area contributed by atoms with E-state index in [1.54, 1.807) is 32.9 Å². The van der Waals surface area contributed by atoms with Crippen molar-refractivity contribution in [3.05, 3.63) is 137 Å². The normalized spacial score (nSPS) is 14.6. The molecule has 7 rings (SSSR count). The summed E-state index contributed by atoms with van der Waals surface area (Å²) in [6.07, 6.45) is -0.144. The summed E-state index contributed by atoms with van der Waals surface area (Å²) in [5.74, 6) is 6.86. The molecular formula is C50H56GeIrN2O-2. The third-order valence-corrected chi connectivity index (χ3v) is 13.3. The summed E-state index contributed by atoms with van der Waals surface area (Å²) in [7, 11) is 0. The third kappa shape index (κ3) is 10.1. The van der Waals surface area contributed by atoms with E-state index >= 15 is 0 Å². The summed E-state index contributed by atoms with van der Waals surface area (Å²) in [6, 6.07) is 33.8. The average molecular weight is 973 g/mol. The summed E-state index contributed by atoms with van der Waals surface area (Å²) in [6.45, 7) is 12.9. The van der Waals surface area contributed by atoms with Crippen molar-refractivity contribution in [2.45, 2.75) is 92.3 Å². The van der Waals surface area contributed by atoms with Crippen LogP contribution in [0, 0.1) is 43.7 Å². The first-order valence-corrected chi connectivity index (χ1v) is 25.9. The molecule has 0 bridgehead atoms. The molecule has 0 saturated heterocycles. The first-order valence-electron chi connectivity index (χ1n) is 22.1. The van der Waals surface area contributed by atoms with Gasteiger partial charge in [0, 0.05) is 38.5 Å². The Morgan fingerprint density at radius 1 is 0.709 bits per heavy atom. The molecule has 0 aliphatic rings. The van der Waals surface area contributed by atoms with Crippen molar-refractivity contribution in [2.75, 3.05) is 0 Å². The standard InChI is InChI=1S/C31H30NO.C19H26GeN.Ir/c1-19-9-7-10-20(2)29(19)22-13-14-24-25-11-8-12-26(30(25)33-28(24)16-22)27-15-23(17-31(4,5)6)21(3)18-32-27;1-19(2,3)13-16-12-18(15-10-8-7-9-11-15)21-14-17(16)20(4,5)6;/h7-11,13-16,18H,17H2,1-6H3;7-10,12,14H,13H2,1-6H3;/q2*-1;/i3D3,17D2;13D2;. The number of fused-ring (bicyclic) bond motifs is 3. The number of aryl methyl sites for hydroxylation is 3. The molecule has 7 aromatic rings. The number of benzene rings is 4. The molecule has 0 spiro atoms. The van der Waals surface area contributed by atoms with E-state index < -0.39 is 43.7 Å². The van der Waals surface area contributed by atoms with Gasteiger partial charge < -0.3 is 9.40 Å². The van der Waals surface area contributed by atoms with Crippen LogP contribution in [0.5, 0.6) is 0 Å². The van der Waals surface area contributed by atoms with Crippen LogP contribution in [0.4, 0.5) is 0 Å². The maximum absolute atomic E-state index is 8.84. The summed E-state index contributed by atoms with van der Waals surface area (Å²) < 4.78 is 66.7. The fourth-order valence-corrected chi connectivity index (χ4v) is 9.64. The Morgan fingerprint density at radius 3 is 2.02 bits per heavy atom. The van der Waals surface area contributed by atoms with Crippen molar-refractivity contribution < 1.29 is 34.1 Å². The smallest absolute Gasteiger partial charge is 0 e. The number of furan rings is 1. The van der Waals surface area contributed by atoms with Gasteiger partial charge in [0.05, 0.1) is 5.58 Å². The second kappa shape index (κ2) is 16.7. The van der Waals surface area contributed by atoms with Gasteiger partial charge in [-0.25, -0.2) is 0 Å². The van der Waals surface area contributed by atoms with Gasteiger partial charge in [-0.05, 0) is 72.1 Å². The Balaban J connectivity index is 0.000000260. The van der Waals surface area contributed by atoms with Crippen LogP contribution in [0.3, 0.4) is 0 Å². The van der Waals surface area contributed by atoms with E-state index in [4.69, 9.17) is 14.0 Å². The number of rotatable bonds is 6. The van der Waals surface area contributed by atoms with Crippen molar-refractivity contribution >= 4 is 39.6 Å². The zero-order chi connectivity index (χ0) is 45.1. The molecule has 0 saturated carbocycles. The van der Waals surface area contributed by atoms with Gasteiger partial charge >= 0.3 is 135 Å². The number of aromatic nitrogens is 2. The molecule has 55 heavy (non-hydrogen) atoms. The summed E-state index contributed by atoms with van der Waals surface area (Å²) in [4.78, 5) is 9.08. The predicted molar refractivity (Wildman–Crippen MR) is 233 cm³/mol. The van der Waals surface area contributed by atoms with E-state index in [1.165, 1.54) is 22.9 Å². The molecule has 3 aromatic heterocycles. The molecule has 0 fully saturated rings. The van der Waals surface area contributed by atoms with Crippen molar-refractivity contribution in [1.29, 1.82) is 0 Å². The number of hydrogen-bond acceptors (Lipinski definition) is 3. The maximum Gasteiger partial charge on any atom is 0 e. The van der Waals surface area contributed by atoms with Gasteiger partial charge in [0.2, 0.25) is 0 Å². The zero-order valence-corrected chi connectivity index (χ0v) is 38.4. The van der Waals surface area contributed by atoms with Gasteiger partial charge in [-0.1, -0.05) is 73.7 Å². The fourth-order valence-electron chi connectivity index (χ4n) is 6.72. The molecule has 0 amide bonds. The van der Waals surface area contributed by atoms with Crippen molar-refractivity contribution in [3.63, 3.8) is 0 Å². The monoisotopic (exact) mass is 974 g/mol. The predicted octanol–water partition coefficient (Wildman–Crippen LogP) is 13.3. The van der Waals surface area contributed by atoms with Crippen LogP contribution >= 0.6 is 0 Å². The zero-order valence-electron chi connectivity index (χ0n) is 40.9. The largest absolute Gasteiger partial charge is 0 e. The first-order chi connectivity index (χ1) is 28.1. The topological polar surface area (TPSA) is 38.9 Å². The molecule has 0 unspecified atom stereocenters. The van der Waals surface area contributed by atoms with E-state index in [-0.39, 0.29) is 31.2 Å². The molecular weight excluding hydrogens is 909 g/mol. The van der Waals surface area contributed by atoms with Gasteiger partial charge in [-0.15, -0.1) is 18.2 Å². The van der Waals surface area contributed by atoms with Crippen LogP contribution in [0.25, 0.3) is 55.6 Å². The molecule has 0 N–H and O–H groups in total. The number of nitrogens with zero attached hydrogens (tertiary/aromatic N) is 2. The summed E-state index contributed by atoms with van der Waals surface area (Å²) >= 11 is -2.24. The quantitative estimate of drug-likeness (QED) is 0.123. The molecule has 5 heteroatoms. The third-order valence-electron chi connectivity index (χ3n) is 9.08. The van der Waals surface area contributed by atoms with E-state index in [0.717, 1.165) is 43.1 Å². The second-order valence-corrected chi connectivity index (χ2v) is 27.8. The van der Waals surface area contributed by atoms with Gasteiger partial charge in [0.1, 0.15) is 5.58 Å². The Morgan fingerprint density at radius 2 is 1.38 bits per heavy atom. The Bertz CT molecular complexity index is 2700. The SMILES string of the molecule is [2H]C([2H])([2H])c1cnc(-c2[c-]ccc3c2oc2cc(-c4c(C)cccc4C)ccc23)cc1C([2H])([2H])C(C)(C)C.[2H]C([2H])(c1cc(-c2[c-]cccc2)nc[c]1[Ge]([CH3])([CH3])[CH3])C(C)(C)C.[Ir]. The first kappa shape index (κ1) is 33.3. The minimum atomic E-state index is -2.50. The van der Waals surface area contributed by atoms with Crippen LogP contribution in [0.2, 0.25) is 17.3 Å². The van der Waals surface area contributed by atoms with Crippen LogP contribution in [-0.2, 0) is 32.9 Å². The molecule has 0 aliphatic heterocycles. The molecule has 287 valence electrons. The number of hydrogen-bond donors (Lipinski definition) is 0. The minimum Gasteiger partial charge on any atom is 0 e. The molecule has 0 aliphatic carbocycles. The molecule has 4 aromatic carbocycles. The van der Waals surface area contributed by atoms with Gasteiger partial charge in [0.25, 0.3) is 0 Å². The van der Waals surface area contributed by atoms with Gasteiger partial charge in [-0.2, -0.15) is 0 Å². The molecule has 0 atom stereocenters. The Kier molecular flexibility index (Phi) is 10.1. The Hall–Kier alpha value is -3.83. The number of pyridine rings is 2. The van der Waals surface area contributed by atoms with Crippen molar-refractivity contribution in [2.24, 2.45) is 10.8 Å². The molecule has 3 heterocycles. The maximum atomic E-state index is 8.84. The minimum absolute atomic E-state index is 0. The van der Waals surface area contributed by atoms with Crippen LogP contribution in [-0.4, -0.2) is 23.2 Å². The van der Waals surface area contributed by atoms with Crippen LogP contribution in [0.1, 0.15) is 79.0 Å². The fraction of sp³-hybridized carbons (Fsp3) is 0.320. The average Bonchev–Trinajstić information content (AvgIpc) is 3.54. The van der Waals surface area contributed by atoms with Gasteiger partial charge in [0.15, 0.2) is 0 Å². The van der Waals surface area contributed by atoms with E-state index in [2.05, 4.69) is 83.5 Å². The second-order valence-electron chi connectivity index (χ2n) is 17.2. The van der Waals surface area contributed by atoms with E-state index in [0.29, 0.717) is 16.8 Å².